The van der Waals surface area contributed by atoms with Crippen LogP contribution in [-0.2, 0) is 16.1 Å². The normalized spacial score (nSPS) is 16.7. The number of ether oxygens (including phenoxy) is 1. The molecule has 1 saturated heterocycles. The Kier molecular flexibility index (Phi) is 7.49. The SMILES string of the molecule is COc1ccc(NC(=O)CC2SC(=Nc3cccc(C)c3)N(Cc3ccccn3)C2=O)cc1Cl. The summed E-state index contributed by atoms with van der Waals surface area (Å²) in [5.41, 5.74) is 3.09. The number of carbonyl (C=O) groups is 2. The fraction of sp³-hybridized carbons (Fsp3) is 0.200. The van der Waals surface area contributed by atoms with Crippen LogP contribution in [0.3, 0.4) is 0 Å². The van der Waals surface area contributed by atoms with Crippen LogP contribution in [0.1, 0.15) is 17.7 Å². The van der Waals surface area contributed by atoms with Gasteiger partial charge >= 0.3 is 0 Å². The zero-order chi connectivity index (χ0) is 24.1. The van der Waals surface area contributed by atoms with Gasteiger partial charge in [0.05, 0.1) is 30.1 Å². The summed E-state index contributed by atoms with van der Waals surface area (Å²) < 4.78 is 5.14. The lowest BCUT2D eigenvalue weighted by molar-refractivity contribution is -0.128. The largest absolute Gasteiger partial charge is 0.495 e. The first-order valence-electron chi connectivity index (χ1n) is 10.6. The van der Waals surface area contributed by atoms with E-state index in [1.165, 1.54) is 18.9 Å². The van der Waals surface area contributed by atoms with Gasteiger partial charge in [-0.05, 0) is 55.0 Å². The highest BCUT2D eigenvalue weighted by molar-refractivity contribution is 8.15. The molecule has 1 atom stereocenters. The average molecular weight is 495 g/mol. The molecule has 34 heavy (non-hydrogen) atoms. The number of aromatic nitrogens is 1. The number of thioether (sulfide) groups is 1. The van der Waals surface area contributed by atoms with Crippen LogP contribution in [0, 0.1) is 6.92 Å². The first kappa shape index (κ1) is 23.8. The van der Waals surface area contributed by atoms with Crippen LogP contribution >= 0.6 is 23.4 Å². The maximum atomic E-state index is 13.3. The average Bonchev–Trinajstić information content (AvgIpc) is 3.08. The van der Waals surface area contributed by atoms with Gasteiger partial charge in [-0.15, -0.1) is 0 Å². The lowest BCUT2D eigenvalue weighted by Crippen LogP contribution is -2.33. The zero-order valence-corrected chi connectivity index (χ0v) is 20.3. The Labute approximate surface area is 207 Å². The second-order valence-corrected chi connectivity index (χ2v) is 9.26. The van der Waals surface area contributed by atoms with Crippen molar-refractivity contribution in [2.75, 3.05) is 12.4 Å². The van der Waals surface area contributed by atoms with E-state index in [0.717, 1.165) is 16.9 Å². The second-order valence-electron chi connectivity index (χ2n) is 7.69. The van der Waals surface area contributed by atoms with Crippen molar-refractivity contribution in [3.63, 3.8) is 0 Å². The summed E-state index contributed by atoms with van der Waals surface area (Å²) in [6, 6.07) is 18.3. The van der Waals surface area contributed by atoms with Crippen molar-refractivity contribution in [2.45, 2.75) is 25.1 Å². The number of halogens is 1. The topological polar surface area (TPSA) is 83.9 Å². The quantitative estimate of drug-likeness (QED) is 0.487. The van der Waals surface area contributed by atoms with E-state index >= 15 is 0 Å². The van der Waals surface area contributed by atoms with Crippen LogP contribution < -0.4 is 10.1 Å². The number of carbonyl (C=O) groups excluding carboxylic acids is 2. The Bertz CT molecular complexity index is 1240. The van der Waals surface area contributed by atoms with Gasteiger partial charge in [0.1, 0.15) is 11.0 Å². The van der Waals surface area contributed by atoms with E-state index in [9.17, 15) is 9.59 Å². The van der Waals surface area contributed by atoms with Gasteiger partial charge in [0, 0.05) is 18.3 Å². The number of aryl methyl sites for hydroxylation is 1. The molecule has 0 saturated carbocycles. The molecule has 4 rings (SSSR count). The number of nitrogens with zero attached hydrogens (tertiary/aromatic N) is 3. The smallest absolute Gasteiger partial charge is 0.243 e. The standard InChI is InChI=1S/C25H23ClN4O3S/c1-16-6-5-8-17(12-16)29-25-30(15-19-7-3-4-11-27-19)24(32)22(34-25)14-23(31)28-18-9-10-21(33-2)20(26)13-18/h3-13,22H,14-15H2,1-2H3,(H,28,31). The van der Waals surface area contributed by atoms with E-state index in [0.29, 0.717) is 21.6 Å². The summed E-state index contributed by atoms with van der Waals surface area (Å²) in [5.74, 6) is 0.0509. The number of hydrogen-bond acceptors (Lipinski definition) is 6. The number of benzene rings is 2. The molecule has 0 spiro atoms. The minimum atomic E-state index is -0.596. The van der Waals surface area contributed by atoms with Crippen LogP contribution in [0.15, 0.2) is 71.9 Å². The molecule has 1 fully saturated rings. The molecule has 9 heteroatoms. The third-order valence-corrected chi connectivity index (χ3v) is 6.57. The Morgan fingerprint density at radius 1 is 1.21 bits per heavy atom. The number of anilines is 1. The molecular weight excluding hydrogens is 472 g/mol. The first-order valence-corrected chi connectivity index (χ1v) is 11.9. The van der Waals surface area contributed by atoms with E-state index in [1.807, 2.05) is 49.4 Å². The van der Waals surface area contributed by atoms with Gasteiger partial charge in [0.25, 0.3) is 0 Å². The number of aliphatic imine (C=N–C) groups is 1. The number of pyridine rings is 1. The molecule has 0 radical (unpaired) electrons. The van der Waals surface area contributed by atoms with E-state index in [-0.39, 0.29) is 24.8 Å². The molecule has 7 nitrogen and oxygen atoms in total. The van der Waals surface area contributed by atoms with Crippen molar-refractivity contribution in [1.82, 2.24) is 9.88 Å². The van der Waals surface area contributed by atoms with Crippen LogP contribution in [0.4, 0.5) is 11.4 Å². The van der Waals surface area contributed by atoms with Crippen molar-refractivity contribution in [3.05, 3.63) is 83.1 Å². The van der Waals surface area contributed by atoms with Gasteiger partial charge in [0.15, 0.2) is 5.17 Å². The van der Waals surface area contributed by atoms with Gasteiger partial charge in [-0.1, -0.05) is 41.6 Å². The summed E-state index contributed by atoms with van der Waals surface area (Å²) >= 11 is 7.43. The minimum Gasteiger partial charge on any atom is -0.495 e. The minimum absolute atomic E-state index is 0.00129. The monoisotopic (exact) mass is 494 g/mol. The molecule has 0 aliphatic carbocycles. The predicted octanol–water partition coefficient (Wildman–Crippen LogP) is 5.21. The molecule has 2 heterocycles. The van der Waals surface area contributed by atoms with Crippen molar-refractivity contribution in [3.8, 4) is 5.75 Å². The number of amides is 2. The molecule has 0 bridgehead atoms. The van der Waals surface area contributed by atoms with Crippen molar-refractivity contribution in [1.29, 1.82) is 0 Å². The fourth-order valence-corrected chi connectivity index (χ4v) is 4.87. The Balaban J connectivity index is 1.52. The molecule has 1 aliphatic heterocycles. The molecule has 174 valence electrons. The van der Waals surface area contributed by atoms with Crippen LogP contribution in [0.25, 0.3) is 0 Å². The second kappa shape index (κ2) is 10.7. The summed E-state index contributed by atoms with van der Waals surface area (Å²) in [4.78, 5) is 36.7. The Hall–Kier alpha value is -3.36. The maximum Gasteiger partial charge on any atom is 0.243 e. The number of hydrogen-bond donors (Lipinski definition) is 1. The van der Waals surface area contributed by atoms with Gasteiger partial charge in [-0.2, -0.15) is 0 Å². The lowest BCUT2D eigenvalue weighted by atomic mass is 10.2. The number of methoxy groups -OCH3 is 1. The third kappa shape index (κ3) is 5.76. The lowest BCUT2D eigenvalue weighted by Gasteiger charge is -2.16. The molecular formula is C25H23ClN4O3S. The Morgan fingerprint density at radius 2 is 2.06 bits per heavy atom. The van der Waals surface area contributed by atoms with Crippen molar-refractivity contribution < 1.29 is 14.3 Å². The highest BCUT2D eigenvalue weighted by Gasteiger charge is 2.39. The van der Waals surface area contributed by atoms with Crippen LogP contribution in [0.5, 0.6) is 5.75 Å². The third-order valence-electron chi connectivity index (χ3n) is 5.10. The highest BCUT2D eigenvalue weighted by Crippen LogP contribution is 2.33. The first-order chi connectivity index (χ1) is 16.4. The maximum absolute atomic E-state index is 13.3. The molecule has 3 aromatic rings. The summed E-state index contributed by atoms with van der Waals surface area (Å²) in [5, 5.41) is 3.14. The predicted molar refractivity (Wildman–Crippen MR) is 136 cm³/mol. The highest BCUT2D eigenvalue weighted by atomic mass is 35.5. The summed E-state index contributed by atoms with van der Waals surface area (Å²) in [6.07, 6.45) is 1.68. The number of rotatable bonds is 7. The Morgan fingerprint density at radius 3 is 2.76 bits per heavy atom. The van der Waals surface area contributed by atoms with Crippen LogP contribution in [0.2, 0.25) is 5.02 Å². The van der Waals surface area contributed by atoms with Crippen molar-refractivity contribution >= 4 is 51.7 Å². The summed E-state index contributed by atoms with van der Waals surface area (Å²) in [6.45, 7) is 2.27. The van der Waals surface area contributed by atoms with E-state index in [1.54, 1.807) is 29.3 Å². The van der Waals surface area contributed by atoms with Gasteiger partial charge in [0.2, 0.25) is 11.8 Å². The van der Waals surface area contributed by atoms with E-state index in [4.69, 9.17) is 21.3 Å². The summed E-state index contributed by atoms with van der Waals surface area (Å²) in [7, 11) is 1.52. The number of nitrogens with one attached hydrogen (secondary N) is 1. The van der Waals surface area contributed by atoms with Gasteiger partial charge < -0.3 is 10.1 Å². The fourth-order valence-electron chi connectivity index (χ4n) is 3.46. The van der Waals surface area contributed by atoms with Gasteiger partial charge in [-0.25, -0.2) is 4.99 Å². The zero-order valence-electron chi connectivity index (χ0n) is 18.7. The molecule has 1 aliphatic rings. The van der Waals surface area contributed by atoms with Crippen molar-refractivity contribution in [2.24, 2.45) is 4.99 Å². The number of amidine groups is 1. The molecule has 2 aromatic carbocycles. The molecule has 1 aromatic heterocycles. The van der Waals surface area contributed by atoms with E-state index < -0.39 is 5.25 Å². The van der Waals surface area contributed by atoms with Crippen LogP contribution in [-0.4, -0.2) is 39.2 Å². The van der Waals surface area contributed by atoms with Gasteiger partial charge in [-0.3, -0.25) is 19.5 Å². The molecule has 2 amide bonds. The van der Waals surface area contributed by atoms with E-state index in [2.05, 4.69) is 10.3 Å². The molecule has 1 unspecified atom stereocenters. The molecule has 1 N–H and O–H groups in total.